The van der Waals surface area contributed by atoms with Crippen LogP contribution in [0.15, 0.2) is 24.4 Å². The average molecular weight is 139 g/mol. The monoisotopic (exact) mass is 139 g/mol. The summed E-state index contributed by atoms with van der Waals surface area (Å²) in [4.78, 5) is 5.03. The highest BCUT2D eigenvalue weighted by Crippen LogP contribution is 2.14. The van der Waals surface area contributed by atoms with Gasteiger partial charge in [0.1, 0.15) is 0 Å². The molecular formula is C8H13NO. The molecule has 0 amide bonds. The lowest BCUT2D eigenvalue weighted by Crippen LogP contribution is -2.12. The van der Waals surface area contributed by atoms with Crippen LogP contribution >= 0.6 is 0 Å². The van der Waals surface area contributed by atoms with Crippen molar-refractivity contribution in [3.05, 3.63) is 24.4 Å². The molecule has 1 N–H and O–H groups in total. The second-order valence-electron chi connectivity index (χ2n) is 2.32. The maximum Gasteiger partial charge on any atom is 0.0924 e. The molecule has 1 aliphatic rings. The van der Waals surface area contributed by atoms with Crippen molar-refractivity contribution < 1.29 is 4.84 Å². The van der Waals surface area contributed by atoms with Crippen LogP contribution in [0, 0.1) is 0 Å². The predicted octanol–water partition coefficient (Wildman–Crippen LogP) is 1.76. The van der Waals surface area contributed by atoms with Crippen LogP contribution in [0.4, 0.5) is 0 Å². The molecule has 56 valence electrons. The molecule has 0 heterocycles. The molecule has 1 aliphatic carbocycles. The summed E-state index contributed by atoms with van der Waals surface area (Å²) >= 11 is 0. The van der Waals surface area contributed by atoms with Crippen LogP contribution in [0.5, 0.6) is 0 Å². The lowest BCUT2D eigenvalue weighted by molar-refractivity contribution is 0.0845. The Morgan fingerprint density at radius 1 is 1.80 bits per heavy atom. The Bertz CT molecular complexity index is 140. The van der Waals surface area contributed by atoms with Gasteiger partial charge in [-0.2, -0.15) is 0 Å². The third-order valence-corrected chi connectivity index (χ3v) is 1.45. The molecule has 2 heteroatoms. The summed E-state index contributed by atoms with van der Waals surface area (Å²) in [6, 6.07) is 0. The van der Waals surface area contributed by atoms with Crippen LogP contribution < -0.4 is 5.48 Å². The van der Waals surface area contributed by atoms with Gasteiger partial charge in [0.25, 0.3) is 0 Å². The fourth-order valence-corrected chi connectivity index (χ4v) is 0.957. The maximum atomic E-state index is 5.03. The van der Waals surface area contributed by atoms with Crippen LogP contribution in [0.3, 0.4) is 0 Å². The van der Waals surface area contributed by atoms with E-state index in [-0.39, 0.29) is 0 Å². The van der Waals surface area contributed by atoms with E-state index in [1.807, 2.05) is 0 Å². The molecule has 10 heavy (non-hydrogen) atoms. The lowest BCUT2D eigenvalue weighted by Gasteiger charge is -2.03. The second-order valence-corrected chi connectivity index (χ2v) is 2.32. The first kappa shape index (κ1) is 7.35. The van der Waals surface area contributed by atoms with E-state index >= 15 is 0 Å². The van der Waals surface area contributed by atoms with Crippen LogP contribution in [-0.2, 0) is 4.84 Å². The molecule has 0 bridgehead atoms. The number of hydroxylamine groups is 1. The fourth-order valence-electron chi connectivity index (χ4n) is 0.957. The first-order valence-corrected chi connectivity index (χ1v) is 3.61. The van der Waals surface area contributed by atoms with Crippen molar-refractivity contribution in [2.24, 2.45) is 0 Å². The summed E-state index contributed by atoms with van der Waals surface area (Å²) in [6.07, 6.45) is 7.45. The van der Waals surface area contributed by atoms with Crippen molar-refractivity contribution in [2.45, 2.75) is 19.3 Å². The van der Waals surface area contributed by atoms with Crippen molar-refractivity contribution in [1.82, 2.24) is 5.48 Å². The van der Waals surface area contributed by atoms with E-state index in [1.54, 1.807) is 6.08 Å². The first-order valence-electron chi connectivity index (χ1n) is 3.61. The van der Waals surface area contributed by atoms with Gasteiger partial charge >= 0.3 is 0 Å². The Kier molecular flexibility index (Phi) is 3.03. The van der Waals surface area contributed by atoms with Gasteiger partial charge in [-0.3, -0.25) is 10.3 Å². The molecule has 1 rings (SSSR count). The topological polar surface area (TPSA) is 21.3 Å². The fraction of sp³-hybridized carbons (Fsp3) is 0.500. The van der Waals surface area contributed by atoms with Crippen molar-refractivity contribution >= 4 is 0 Å². The van der Waals surface area contributed by atoms with E-state index in [1.165, 1.54) is 18.5 Å². The first-order chi connectivity index (χ1) is 4.93. The second kappa shape index (κ2) is 4.12. The lowest BCUT2D eigenvalue weighted by atomic mass is 10.3. The van der Waals surface area contributed by atoms with E-state index in [2.05, 4.69) is 18.1 Å². The quantitative estimate of drug-likeness (QED) is 0.364. The predicted molar refractivity (Wildman–Crippen MR) is 41.2 cm³/mol. The van der Waals surface area contributed by atoms with E-state index in [0.717, 1.165) is 6.42 Å². The number of rotatable bonds is 4. The van der Waals surface area contributed by atoms with E-state index in [9.17, 15) is 0 Å². The Morgan fingerprint density at radius 2 is 2.70 bits per heavy atom. The van der Waals surface area contributed by atoms with Crippen molar-refractivity contribution in [1.29, 1.82) is 0 Å². The zero-order valence-corrected chi connectivity index (χ0v) is 6.10. The minimum absolute atomic E-state index is 0.567. The minimum atomic E-state index is 0.567. The van der Waals surface area contributed by atoms with Crippen molar-refractivity contribution in [3.8, 4) is 0 Å². The highest BCUT2D eigenvalue weighted by atomic mass is 16.6. The number of hydrogen-bond acceptors (Lipinski definition) is 2. The third kappa shape index (κ3) is 2.23. The number of hydrogen-bond donors (Lipinski definition) is 1. The van der Waals surface area contributed by atoms with Gasteiger partial charge in [0.2, 0.25) is 0 Å². The molecule has 0 fully saturated rings. The van der Waals surface area contributed by atoms with E-state index in [0.29, 0.717) is 6.61 Å². The summed E-state index contributed by atoms with van der Waals surface area (Å²) in [7, 11) is 0. The minimum Gasteiger partial charge on any atom is -0.272 e. The van der Waals surface area contributed by atoms with Gasteiger partial charge < -0.3 is 0 Å². The van der Waals surface area contributed by atoms with Crippen LogP contribution in [0.1, 0.15) is 19.3 Å². The van der Waals surface area contributed by atoms with Crippen LogP contribution in [-0.4, -0.2) is 6.61 Å². The Morgan fingerprint density at radius 3 is 3.30 bits per heavy atom. The smallest absolute Gasteiger partial charge is 0.0924 e. The van der Waals surface area contributed by atoms with Crippen molar-refractivity contribution in [3.63, 3.8) is 0 Å². The SMILES string of the molecule is C=CCONC1=CCCC1. The third-order valence-electron chi connectivity index (χ3n) is 1.45. The Labute approximate surface area is 61.5 Å². The number of nitrogens with one attached hydrogen (secondary N) is 1. The summed E-state index contributed by atoms with van der Waals surface area (Å²) in [5.74, 6) is 0. The molecule has 0 atom stereocenters. The Hall–Kier alpha value is -0.760. The number of allylic oxidation sites excluding steroid dienone is 2. The summed E-state index contributed by atoms with van der Waals surface area (Å²) in [6.45, 7) is 4.11. The molecule has 0 saturated heterocycles. The molecule has 0 aromatic carbocycles. The largest absolute Gasteiger partial charge is 0.272 e. The highest BCUT2D eigenvalue weighted by Gasteiger charge is 2.01. The van der Waals surface area contributed by atoms with Gasteiger partial charge in [-0.25, -0.2) is 0 Å². The zero-order chi connectivity index (χ0) is 7.23. The molecule has 0 spiro atoms. The summed E-state index contributed by atoms with van der Waals surface area (Å²) < 4.78 is 0. The highest BCUT2D eigenvalue weighted by molar-refractivity contribution is 5.02. The van der Waals surface area contributed by atoms with Gasteiger partial charge in [0, 0.05) is 5.70 Å². The van der Waals surface area contributed by atoms with Crippen molar-refractivity contribution in [2.75, 3.05) is 6.61 Å². The molecule has 0 saturated carbocycles. The molecule has 0 aromatic rings. The van der Waals surface area contributed by atoms with Gasteiger partial charge in [0.05, 0.1) is 6.61 Å². The zero-order valence-electron chi connectivity index (χ0n) is 6.10. The standard InChI is InChI=1S/C8H13NO/c1-2-7-10-9-8-5-3-4-6-8/h2,5,9H,1,3-4,6-7H2. The molecule has 0 unspecified atom stereocenters. The molecular weight excluding hydrogens is 126 g/mol. The van der Waals surface area contributed by atoms with Gasteiger partial charge in [-0.15, -0.1) is 6.58 Å². The maximum absolute atomic E-state index is 5.03. The van der Waals surface area contributed by atoms with E-state index < -0.39 is 0 Å². The molecule has 0 aromatic heterocycles. The van der Waals surface area contributed by atoms with Gasteiger partial charge in [-0.05, 0) is 19.3 Å². The van der Waals surface area contributed by atoms with Crippen LogP contribution in [0.2, 0.25) is 0 Å². The average Bonchev–Trinajstić information content (AvgIpc) is 2.41. The van der Waals surface area contributed by atoms with Crippen LogP contribution in [0.25, 0.3) is 0 Å². The molecule has 2 nitrogen and oxygen atoms in total. The normalized spacial score (nSPS) is 16.6. The van der Waals surface area contributed by atoms with Gasteiger partial charge in [-0.1, -0.05) is 12.2 Å². The van der Waals surface area contributed by atoms with Gasteiger partial charge in [0.15, 0.2) is 0 Å². The summed E-state index contributed by atoms with van der Waals surface area (Å²) in [5, 5.41) is 0. The molecule has 0 radical (unpaired) electrons. The Balaban J connectivity index is 2.06. The summed E-state index contributed by atoms with van der Waals surface area (Å²) in [5.41, 5.74) is 4.08. The van der Waals surface area contributed by atoms with E-state index in [4.69, 9.17) is 4.84 Å². The molecule has 0 aliphatic heterocycles.